The zero-order chi connectivity index (χ0) is 19.9. The Morgan fingerprint density at radius 1 is 1.18 bits per heavy atom. The summed E-state index contributed by atoms with van der Waals surface area (Å²) in [7, 11) is 1.78. The smallest absolute Gasteiger partial charge is 0.233 e. The van der Waals surface area contributed by atoms with E-state index in [-0.39, 0.29) is 11.7 Å². The molecule has 0 aliphatic rings. The third-order valence-corrected chi connectivity index (χ3v) is 5.07. The van der Waals surface area contributed by atoms with Crippen LogP contribution in [0.1, 0.15) is 12.5 Å². The van der Waals surface area contributed by atoms with Crippen LogP contribution in [0.4, 0.5) is 0 Å². The lowest BCUT2D eigenvalue weighted by atomic mass is 10.2. The molecule has 0 unspecified atom stereocenters. The number of carbonyl (C=O) groups is 1. The molecule has 0 saturated heterocycles. The van der Waals surface area contributed by atoms with Gasteiger partial charge in [0.1, 0.15) is 5.75 Å². The minimum atomic E-state index is -0.00968. The van der Waals surface area contributed by atoms with Crippen molar-refractivity contribution in [1.82, 2.24) is 25.1 Å². The zero-order valence-corrected chi connectivity index (χ0v) is 17.2. The zero-order valence-electron chi connectivity index (χ0n) is 15.6. The molecule has 146 valence electrons. The van der Waals surface area contributed by atoms with Crippen LogP contribution in [0.5, 0.6) is 5.75 Å². The van der Waals surface area contributed by atoms with Crippen molar-refractivity contribution >= 4 is 29.3 Å². The molecule has 9 heteroatoms. The lowest BCUT2D eigenvalue weighted by molar-refractivity contribution is -0.127. The Kier molecular flexibility index (Phi) is 6.89. The van der Waals surface area contributed by atoms with Crippen LogP contribution in [0.2, 0.25) is 5.02 Å². The molecule has 3 aromatic rings. The Bertz CT molecular complexity index is 915. The third-order valence-electron chi connectivity index (χ3n) is 3.92. The Balaban J connectivity index is 1.57. The minimum Gasteiger partial charge on any atom is -0.494 e. The number of nitrogens with zero attached hydrogens (tertiary/aromatic N) is 5. The number of thioether (sulfide) groups is 1. The van der Waals surface area contributed by atoms with Gasteiger partial charge in [-0.15, -0.1) is 5.10 Å². The summed E-state index contributed by atoms with van der Waals surface area (Å²) in [4.78, 5) is 14.2. The molecule has 0 N–H and O–H groups in total. The molecule has 1 amide bonds. The topological polar surface area (TPSA) is 73.1 Å². The van der Waals surface area contributed by atoms with Gasteiger partial charge in [0, 0.05) is 18.6 Å². The van der Waals surface area contributed by atoms with Crippen molar-refractivity contribution in [3.05, 3.63) is 59.1 Å². The summed E-state index contributed by atoms with van der Waals surface area (Å²) in [6, 6.07) is 14.9. The van der Waals surface area contributed by atoms with Crippen LogP contribution in [0, 0.1) is 0 Å². The first-order chi connectivity index (χ1) is 13.6. The van der Waals surface area contributed by atoms with Crippen LogP contribution < -0.4 is 4.74 Å². The first-order valence-corrected chi connectivity index (χ1v) is 10.1. The Morgan fingerprint density at radius 2 is 1.89 bits per heavy atom. The van der Waals surface area contributed by atoms with Crippen molar-refractivity contribution in [2.45, 2.75) is 18.6 Å². The van der Waals surface area contributed by atoms with E-state index in [4.69, 9.17) is 16.3 Å². The van der Waals surface area contributed by atoms with E-state index in [0.29, 0.717) is 23.3 Å². The predicted molar refractivity (Wildman–Crippen MR) is 109 cm³/mol. The van der Waals surface area contributed by atoms with E-state index < -0.39 is 0 Å². The van der Waals surface area contributed by atoms with Crippen LogP contribution >= 0.6 is 23.4 Å². The maximum absolute atomic E-state index is 12.5. The molecular weight excluding hydrogens is 398 g/mol. The van der Waals surface area contributed by atoms with Crippen LogP contribution in [-0.2, 0) is 11.3 Å². The van der Waals surface area contributed by atoms with Crippen molar-refractivity contribution in [2.24, 2.45) is 0 Å². The number of halogens is 1. The highest BCUT2D eigenvalue weighted by Crippen LogP contribution is 2.20. The fourth-order valence-electron chi connectivity index (χ4n) is 2.47. The summed E-state index contributed by atoms with van der Waals surface area (Å²) in [6.45, 7) is 3.10. The molecule has 0 spiro atoms. The summed E-state index contributed by atoms with van der Waals surface area (Å²) in [5, 5.41) is 12.9. The number of amides is 1. The maximum atomic E-state index is 12.5. The van der Waals surface area contributed by atoms with E-state index in [0.717, 1.165) is 17.0 Å². The van der Waals surface area contributed by atoms with E-state index in [1.54, 1.807) is 28.8 Å². The molecule has 0 bridgehead atoms. The number of aromatic nitrogens is 4. The van der Waals surface area contributed by atoms with Crippen molar-refractivity contribution in [3.8, 4) is 11.4 Å². The number of ether oxygens (including phenoxy) is 1. The lowest BCUT2D eigenvalue weighted by Crippen LogP contribution is -2.27. The van der Waals surface area contributed by atoms with Gasteiger partial charge in [-0.05, 0) is 59.3 Å². The third kappa shape index (κ3) is 5.24. The first-order valence-electron chi connectivity index (χ1n) is 8.69. The highest BCUT2D eigenvalue weighted by Gasteiger charge is 2.14. The number of benzene rings is 2. The minimum absolute atomic E-state index is 0.00968. The SMILES string of the molecule is CCOc1ccc(CN(C)C(=O)CSc2nnnn2-c2ccc(Cl)cc2)cc1. The van der Waals surface area contributed by atoms with Gasteiger partial charge in [-0.3, -0.25) is 4.79 Å². The molecule has 1 aromatic heterocycles. The fraction of sp³-hybridized carbons (Fsp3) is 0.263. The molecule has 0 fully saturated rings. The molecule has 1 heterocycles. The number of hydrogen-bond donors (Lipinski definition) is 0. The molecular formula is C19H20ClN5O2S. The van der Waals surface area contributed by atoms with Crippen LogP contribution in [0.25, 0.3) is 5.69 Å². The second kappa shape index (κ2) is 9.57. The second-order valence-electron chi connectivity index (χ2n) is 5.97. The van der Waals surface area contributed by atoms with Gasteiger partial charge in [0.2, 0.25) is 11.1 Å². The lowest BCUT2D eigenvalue weighted by Gasteiger charge is -2.17. The van der Waals surface area contributed by atoms with Crippen LogP contribution in [-0.4, -0.2) is 50.4 Å². The fourth-order valence-corrected chi connectivity index (χ4v) is 3.43. The second-order valence-corrected chi connectivity index (χ2v) is 7.34. The summed E-state index contributed by atoms with van der Waals surface area (Å²) >= 11 is 7.21. The van der Waals surface area contributed by atoms with E-state index in [2.05, 4.69) is 15.5 Å². The highest BCUT2D eigenvalue weighted by molar-refractivity contribution is 7.99. The number of tetrazole rings is 1. The standard InChI is InChI=1S/C19H20ClN5O2S/c1-3-27-17-10-4-14(5-11-17)12-24(2)18(26)13-28-19-21-22-23-25(19)16-8-6-15(20)7-9-16/h4-11H,3,12-13H2,1-2H3. The van der Waals surface area contributed by atoms with E-state index >= 15 is 0 Å². The average molecular weight is 418 g/mol. The van der Waals surface area contributed by atoms with Crippen LogP contribution in [0.3, 0.4) is 0 Å². The van der Waals surface area contributed by atoms with Gasteiger partial charge in [0.15, 0.2) is 0 Å². The molecule has 0 aliphatic carbocycles. The average Bonchev–Trinajstić information content (AvgIpc) is 3.17. The molecule has 0 aliphatic heterocycles. The maximum Gasteiger partial charge on any atom is 0.233 e. The monoisotopic (exact) mass is 417 g/mol. The largest absolute Gasteiger partial charge is 0.494 e. The number of carbonyl (C=O) groups excluding carboxylic acids is 1. The Labute approximate surface area is 172 Å². The summed E-state index contributed by atoms with van der Waals surface area (Å²) in [6.07, 6.45) is 0. The van der Waals surface area contributed by atoms with Gasteiger partial charge in [-0.2, -0.15) is 4.68 Å². The molecule has 0 saturated carbocycles. The van der Waals surface area contributed by atoms with Gasteiger partial charge >= 0.3 is 0 Å². The Hall–Kier alpha value is -2.58. The molecule has 0 atom stereocenters. The van der Waals surface area contributed by atoms with Crippen molar-refractivity contribution in [1.29, 1.82) is 0 Å². The molecule has 2 aromatic carbocycles. The van der Waals surface area contributed by atoms with E-state index in [9.17, 15) is 4.79 Å². The van der Waals surface area contributed by atoms with E-state index in [1.807, 2.05) is 43.3 Å². The Morgan fingerprint density at radius 3 is 2.57 bits per heavy atom. The van der Waals surface area contributed by atoms with Gasteiger partial charge in [-0.25, -0.2) is 0 Å². The molecule has 3 rings (SSSR count). The number of rotatable bonds is 8. The van der Waals surface area contributed by atoms with Gasteiger partial charge in [0.05, 0.1) is 18.0 Å². The highest BCUT2D eigenvalue weighted by atomic mass is 35.5. The van der Waals surface area contributed by atoms with Crippen LogP contribution in [0.15, 0.2) is 53.7 Å². The predicted octanol–water partition coefficient (Wildman–Crippen LogP) is 3.47. The van der Waals surface area contributed by atoms with Crippen molar-refractivity contribution < 1.29 is 9.53 Å². The van der Waals surface area contributed by atoms with Gasteiger partial charge in [-0.1, -0.05) is 35.5 Å². The van der Waals surface area contributed by atoms with Gasteiger partial charge in [0.25, 0.3) is 0 Å². The quantitative estimate of drug-likeness (QED) is 0.522. The summed E-state index contributed by atoms with van der Waals surface area (Å²) in [5.41, 5.74) is 1.82. The summed E-state index contributed by atoms with van der Waals surface area (Å²) in [5.74, 6) is 1.05. The molecule has 0 radical (unpaired) electrons. The van der Waals surface area contributed by atoms with Crippen molar-refractivity contribution in [3.63, 3.8) is 0 Å². The summed E-state index contributed by atoms with van der Waals surface area (Å²) < 4.78 is 7.02. The van der Waals surface area contributed by atoms with E-state index in [1.165, 1.54) is 11.8 Å². The molecule has 7 nitrogen and oxygen atoms in total. The molecule has 28 heavy (non-hydrogen) atoms. The van der Waals surface area contributed by atoms with Gasteiger partial charge < -0.3 is 9.64 Å². The van der Waals surface area contributed by atoms with Crippen molar-refractivity contribution in [2.75, 3.05) is 19.4 Å². The number of hydrogen-bond acceptors (Lipinski definition) is 6. The normalized spacial score (nSPS) is 10.7. The first kappa shape index (κ1) is 20.2.